The van der Waals surface area contributed by atoms with Gasteiger partial charge in [0.25, 0.3) is 0 Å². The lowest BCUT2D eigenvalue weighted by molar-refractivity contribution is -0.146. The van der Waals surface area contributed by atoms with Crippen molar-refractivity contribution in [3.05, 3.63) is 96.1 Å². The van der Waals surface area contributed by atoms with Crippen LogP contribution in [0.1, 0.15) is 91.7 Å². The maximum absolute atomic E-state index is 14.1. The van der Waals surface area contributed by atoms with Crippen LogP contribution in [0.5, 0.6) is 0 Å². The Labute approximate surface area is 306 Å². The minimum atomic E-state index is -0.476. The Morgan fingerprint density at radius 2 is 0.980 bits per heavy atom. The number of rotatable bonds is 18. The zero-order valence-electron chi connectivity index (χ0n) is 32.4. The standard InChI is InChI=1S/C45H60O6/c1-31(37(26-32-16-12-10-13-17-32)28-41(47)39(45(5,6)7)30-43(49)51-9)24-34(27-40(46)38(44(2,3)4)29-42(48)50-8)25-33-20-22-36(23-21-33)35-18-14-11-15-19-35/h10-23,31,34,37-39H,24-30H2,1-9H3. The van der Waals surface area contributed by atoms with Gasteiger partial charge in [0.1, 0.15) is 11.6 Å². The van der Waals surface area contributed by atoms with Crippen molar-refractivity contribution in [1.82, 2.24) is 0 Å². The normalized spacial score (nSPS) is 14.8. The molecule has 0 aliphatic heterocycles. The van der Waals surface area contributed by atoms with Crippen molar-refractivity contribution >= 4 is 23.5 Å². The number of ether oxygens (including phenoxy) is 2. The van der Waals surface area contributed by atoms with E-state index in [4.69, 9.17) is 9.47 Å². The summed E-state index contributed by atoms with van der Waals surface area (Å²) in [6, 6.07) is 29.0. The van der Waals surface area contributed by atoms with Crippen molar-refractivity contribution in [3.63, 3.8) is 0 Å². The molecule has 0 saturated heterocycles. The second-order valence-electron chi connectivity index (χ2n) is 16.5. The fraction of sp³-hybridized carbons (Fsp3) is 0.511. The van der Waals surface area contributed by atoms with Crippen molar-refractivity contribution in [3.8, 4) is 11.1 Å². The molecule has 0 heterocycles. The van der Waals surface area contributed by atoms with Gasteiger partial charge in [-0.05, 0) is 70.1 Å². The largest absolute Gasteiger partial charge is 0.469 e. The molecule has 51 heavy (non-hydrogen) atoms. The fourth-order valence-electron chi connectivity index (χ4n) is 7.28. The molecule has 0 radical (unpaired) electrons. The van der Waals surface area contributed by atoms with Gasteiger partial charge in [-0.3, -0.25) is 19.2 Å². The van der Waals surface area contributed by atoms with E-state index >= 15 is 0 Å². The number of methoxy groups -OCH3 is 2. The molecule has 3 rings (SSSR count). The Hall–Kier alpha value is -4.06. The van der Waals surface area contributed by atoms with Crippen LogP contribution in [0, 0.1) is 40.4 Å². The van der Waals surface area contributed by atoms with Gasteiger partial charge in [0.2, 0.25) is 0 Å². The Morgan fingerprint density at radius 3 is 1.45 bits per heavy atom. The van der Waals surface area contributed by atoms with Crippen molar-refractivity contribution in [2.24, 2.45) is 40.4 Å². The van der Waals surface area contributed by atoms with E-state index in [0.29, 0.717) is 25.7 Å². The highest BCUT2D eigenvalue weighted by molar-refractivity contribution is 5.87. The molecule has 0 aliphatic rings. The first-order valence-corrected chi connectivity index (χ1v) is 18.4. The van der Waals surface area contributed by atoms with Crippen LogP contribution in [0.15, 0.2) is 84.9 Å². The zero-order chi connectivity index (χ0) is 37.8. The first kappa shape index (κ1) is 41.4. The Kier molecular flexibility index (Phi) is 15.4. The van der Waals surface area contributed by atoms with E-state index in [1.165, 1.54) is 14.2 Å². The molecule has 5 atom stereocenters. The first-order chi connectivity index (χ1) is 24.0. The number of Topliss-reactive ketones (excluding diaryl/α,β-unsaturated/α-hetero) is 2. The number of esters is 2. The molecule has 0 spiro atoms. The SMILES string of the molecule is COC(=O)CC(C(=O)CC(Cc1ccc(-c2ccccc2)cc1)CC(C)C(CC(=O)C(CC(=O)OC)C(C)(C)C)Cc1ccccc1)C(C)(C)C. The molecule has 6 nitrogen and oxygen atoms in total. The van der Waals surface area contributed by atoms with E-state index in [1.54, 1.807) is 0 Å². The molecule has 0 bridgehead atoms. The van der Waals surface area contributed by atoms with Gasteiger partial charge in [-0.25, -0.2) is 0 Å². The molecule has 0 amide bonds. The third-order valence-corrected chi connectivity index (χ3v) is 10.5. The summed E-state index contributed by atoms with van der Waals surface area (Å²) in [5.41, 5.74) is 3.75. The molecule has 5 unspecified atom stereocenters. The molecule has 0 fully saturated rings. The summed E-state index contributed by atoms with van der Waals surface area (Å²) < 4.78 is 9.96. The third-order valence-electron chi connectivity index (χ3n) is 10.5. The number of benzene rings is 3. The second kappa shape index (κ2) is 19.0. The van der Waals surface area contributed by atoms with Gasteiger partial charge in [-0.15, -0.1) is 0 Å². The highest BCUT2D eigenvalue weighted by atomic mass is 16.5. The average Bonchev–Trinajstić information content (AvgIpc) is 3.08. The van der Waals surface area contributed by atoms with Crippen LogP contribution in [0.25, 0.3) is 11.1 Å². The molecular formula is C45H60O6. The van der Waals surface area contributed by atoms with E-state index in [0.717, 1.165) is 28.7 Å². The van der Waals surface area contributed by atoms with Gasteiger partial charge in [-0.2, -0.15) is 0 Å². The Balaban J connectivity index is 1.96. The van der Waals surface area contributed by atoms with Crippen LogP contribution in [0.2, 0.25) is 0 Å². The lowest BCUT2D eigenvalue weighted by Gasteiger charge is -2.33. The maximum atomic E-state index is 14.1. The van der Waals surface area contributed by atoms with Crippen molar-refractivity contribution < 1.29 is 28.7 Å². The number of ketones is 2. The van der Waals surface area contributed by atoms with Crippen LogP contribution in [0.4, 0.5) is 0 Å². The summed E-state index contributed by atoms with van der Waals surface area (Å²) in [5, 5.41) is 0. The topological polar surface area (TPSA) is 86.7 Å². The zero-order valence-corrected chi connectivity index (χ0v) is 32.4. The van der Waals surface area contributed by atoms with Gasteiger partial charge in [0.15, 0.2) is 0 Å². The number of hydrogen-bond acceptors (Lipinski definition) is 6. The van der Waals surface area contributed by atoms with E-state index < -0.39 is 22.7 Å². The van der Waals surface area contributed by atoms with E-state index in [-0.39, 0.29) is 54.1 Å². The number of carbonyl (C=O) groups is 4. The lowest BCUT2D eigenvalue weighted by atomic mass is 9.70. The predicted molar refractivity (Wildman–Crippen MR) is 205 cm³/mol. The summed E-state index contributed by atoms with van der Waals surface area (Å²) in [6.45, 7) is 14.2. The summed E-state index contributed by atoms with van der Waals surface area (Å²) in [7, 11) is 2.72. The molecular weight excluding hydrogens is 636 g/mol. The average molecular weight is 697 g/mol. The summed E-state index contributed by atoms with van der Waals surface area (Å²) in [6.07, 6.45) is 2.88. The molecule has 0 aromatic heterocycles. The molecule has 0 saturated carbocycles. The Morgan fingerprint density at radius 1 is 0.549 bits per heavy atom. The van der Waals surface area contributed by atoms with Gasteiger partial charge < -0.3 is 9.47 Å². The molecule has 0 N–H and O–H groups in total. The van der Waals surface area contributed by atoms with E-state index in [1.807, 2.05) is 77.9 Å². The van der Waals surface area contributed by atoms with Gasteiger partial charge >= 0.3 is 11.9 Å². The number of hydrogen-bond donors (Lipinski definition) is 0. The quantitative estimate of drug-likeness (QED) is 0.123. The van der Waals surface area contributed by atoms with Crippen LogP contribution in [-0.2, 0) is 41.5 Å². The Bertz CT molecular complexity index is 1550. The molecule has 3 aromatic rings. The molecule has 276 valence electrons. The number of carbonyl (C=O) groups excluding carboxylic acids is 4. The summed E-state index contributed by atoms with van der Waals surface area (Å²) in [5.74, 6) is -1.52. The smallest absolute Gasteiger partial charge is 0.306 e. The van der Waals surface area contributed by atoms with Crippen LogP contribution >= 0.6 is 0 Å². The molecule has 6 heteroatoms. The second-order valence-corrected chi connectivity index (χ2v) is 16.5. The van der Waals surface area contributed by atoms with Crippen molar-refractivity contribution in [2.75, 3.05) is 14.2 Å². The van der Waals surface area contributed by atoms with Crippen molar-refractivity contribution in [1.29, 1.82) is 0 Å². The maximum Gasteiger partial charge on any atom is 0.306 e. The summed E-state index contributed by atoms with van der Waals surface area (Å²) >= 11 is 0. The highest BCUT2D eigenvalue weighted by Crippen LogP contribution is 2.38. The molecule has 3 aromatic carbocycles. The van der Waals surface area contributed by atoms with Gasteiger partial charge in [0.05, 0.1) is 27.1 Å². The molecule has 0 aliphatic carbocycles. The lowest BCUT2D eigenvalue weighted by Crippen LogP contribution is -2.34. The van der Waals surface area contributed by atoms with Gasteiger partial charge in [0, 0.05) is 24.7 Å². The predicted octanol–water partition coefficient (Wildman–Crippen LogP) is 9.77. The fourth-order valence-corrected chi connectivity index (χ4v) is 7.28. The van der Waals surface area contributed by atoms with Crippen LogP contribution in [0.3, 0.4) is 0 Å². The monoisotopic (exact) mass is 696 g/mol. The first-order valence-electron chi connectivity index (χ1n) is 18.4. The minimum Gasteiger partial charge on any atom is -0.469 e. The van der Waals surface area contributed by atoms with E-state index in [9.17, 15) is 19.2 Å². The van der Waals surface area contributed by atoms with Crippen molar-refractivity contribution in [2.45, 2.75) is 93.4 Å². The highest BCUT2D eigenvalue weighted by Gasteiger charge is 2.37. The van der Waals surface area contributed by atoms with Gasteiger partial charge in [-0.1, -0.05) is 133 Å². The third kappa shape index (κ3) is 13.2. The van der Waals surface area contributed by atoms with E-state index in [2.05, 4.69) is 55.5 Å². The minimum absolute atomic E-state index is 0.00561. The van der Waals surface area contributed by atoms with Crippen LogP contribution < -0.4 is 0 Å². The van der Waals surface area contributed by atoms with Crippen LogP contribution in [-0.4, -0.2) is 37.7 Å². The summed E-state index contributed by atoms with van der Waals surface area (Å²) in [4.78, 5) is 53.0.